The van der Waals surface area contributed by atoms with Crippen LogP contribution in [0.15, 0.2) is 72.8 Å². The van der Waals surface area contributed by atoms with Crippen LogP contribution in [0.25, 0.3) is 0 Å². The van der Waals surface area contributed by atoms with Gasteiger partial charge in [-0.15, -0.1) is 0 Å². The highest BCUT2D eigenvalue weighted by Gasteiger charge is 2.21. The monoisotopic (exact) mass is 403 g/mol. The Labute approximate surface area is 176 Å². The summed E-state index contributed by atoms with van der Waals surface area (Å²) in [5.74, 6) is -0.193. The van der Waals surface area contributed by atoms with Gasteiger partial charge in [0, 0.05) is 31.3 Å². The molecule has 1 N–H and O–H groups in total. The highest BCUT2D eigenvalue weighted by molar-refractivity contribution is 5.74. The largest absolute Gasteiger partial charge is 0.492 e. The second-order valence-electron chi connectivity index (χ2n) is 7.34. The quantitative estimate of drug-likeness (QED) is 0.602. The summed E-state index contributed by atoms with van der Waals surface area (Å²) >= 11 is 0. The number of carboxylic acids is 1. The lowest BCUT2D eigenvalue weighted by molar-refractivity contribution is -0.148. The lowest BCUT2D eigenvalue weighted by Crippen LogP contribution is -2.28. The number of fused-ring (bicyclic) bond motifs is 2. The highest BCUT2D eigenvalue weighted by atomic mass is 16.5. The van der Waals surface area contributed by atoms with Gasteiger partial charge in [-0.05, 0) is 41.0 Å². The van der Waals surface area contributed by atoms with Gasteiger partial charge in [-0.3, -0.25) is 0 Å². The third-order valence-corrected chi connectivity index (χ3v) is 5.43. The van der Waals surface area contributed by atoms with E-state index in [0.29, 0.717) is 13.0 Å². The Morgan fingerprint density at radius 1 is 0.967 bits per heavy atom. The number of carbonyl (C=O) groups is 1. The molecule has 3 aromatic rings. The van der Waals surface area contributed by atoms with Crippen LogP contribution in [0.3, 0.4) is 0 Å². The minimum Gasteiger partial charge on any atom is -0.492 e. The predicted octanol–water partition coefficient (Wildman–Crippen LogP) is 4.45. The van der Waals surface area contributed by atoms with Crippen molar-refractivity contribution < 1.29 is 19.4 Å². The standard InChI is InChI=1S/C25H25NO4/c1-29-24(25(27)28)16-18-10-12-21(13-11-18)30-15-14-26-22-8-4-2-6-19(22)17-20-7-3-5-9-23(20)26/h2-13,24H,14-17H2,1H3,(H,27,28). The van der Waals surface area contributed by atoms with E-state index in [9.17, 15) is 4.79 Å². The summed E-state index contributed by atoms with van der Waals surface area (Å²) in [6, 6.07) is 24.5. The van der Waals surface area contributed by atoms with Gasteiger partial charge in [-0.1, -0.05) is 48.5 Å². The van der Waals surface area contributed by atoms with Crippen molar-refractivity contribution in [3.8, 4) is 5.75 Å². The van der Waals surface area contributed by atoms with Gasteiger partial charge in [-0.2, -0.15) is 0 Å². The van der Waals surface area contributed by atoms with Gasteiger partial charge < -0.3 is 19.5 Å². The highest BCUT2D eigenvalue weighted by Crippen LogP contribution is 2.38. The summed E-state index contributed by atoms with van der Waals surface area (Å²) in [4.78, 5) is 13.4. The van der Waals surface area contributed by atoms with Crippen LogP contribution in [0.1, 0.15) is 16.7 Å². The maximum atomic E-state index is 11.1. The summed E-state index contributed by atoms with van der Waals surface area (Å²) in [5.41, 5.74) is 6.01. The maximum absolute atomic E-state index is 11.1. The van der Waals surface area contributed by atoms with E-state index in [-0.39, 0.29) is 0 Å². The first-order valence-corrected chi connectivity index (χ1v) is 10.1. The molecule has 1 heterocycles. The van der Waals surface area contributed by atoms with Crippen LogP contribution in [-0.4, -0.2) is 37.4 Å². The zero-order chi connectivity index (χ0) is 20.9. The number of benzene rings is 3. The average molecular weight is 403 g/mol. The number of ether oxygens (including phenoxy) is 2. The van der Waals surface area contributed by atoms with Crippen molar-refractivity contribution in [1.29, 1.82) is 0 Å². The number of para-hydroxylation sites is 2. The second-order valence-corrected chi connectivity index (χ2v) is 7.34. The molecular weight excluding hydrogens is 378 g/mol. The molecular formula is C25H25NO4. The fourth-order valence-electron chi connectivity index (χ4n) is 3.89. The summed E-state index contributed by atoms with van der Waals surface area (Å²) in [6.45, 7) is 1.28. The van der Waals surface area contributed by atoms with Crippen molar-refractivity contribution in [3.05, 3.63) is 89.5 Å². The normalized spacial score (nSPS) is 13.3. The van der Waals surface area contributed by atoms with Crippen molar-refractivity contribution in [2.24, 2.45) is 0 Å². The zero-order valence-corrected chi connectivity index (χ0v) is 17.0. The average Bonchev–Trinajstić information content (AvgIpc) is 2.77. The minimum atomic E-state index is -0.958. The summed E-state index contributed by atoms with van der Waals surface area (Å²) in [7, 11) is 1.41. The van der Waals surface area contributed by atoms with Gasteiger partial charge in [0.1, 0.15) is 12.4 Å². The van der Waals surface area contributed by atoms with Crippen LogP contribution in [0.5, 0.6) is 5.75 Å². The lowest BCUT2D eigenvalue weighted by Gasteiger charge is -2.33. The summed E-state index contributed by atoms with van der Waals surface area (Å²) in [5, 5.41) is 9.11. The SMILES string of the molecule is COC(Cc1ccc(OCCN2c3ccccc3Cc3ccccc32)cc1)C(=O)O. The zero-order valence-electron chi connectivity index (χ0n) is 17.0. The van der Waals surface area contributed by atoms with E-state index in [1.165, 1.54) is 29.6 Å². The molecule has 0 fully saturated rings. The van der Waals surface area contributed by atoms with Gasteiger partial charge in [-0.25, -0.2) is 4.79 Å². The van der Waals surface area contributed by atoms with Gasteiger partial charge in [0.2, 0.25) is 0 Å². The van der Waals surface area contributed by atoms with Crippen molar-refractivity contribution >= 4 is 17.3 Å². The smallest absolute Gasteiger partial charge is 0.333 e. The van der Waals surface area contributed by atoms with Crippen LogP contribution in [0, 0.1) is 0 Å². The van der Waals surface area contributed by atoms with Gasteiger partial charge in [0.25, 0.3) is 0 Å². The molecule has 1 unspecified atom stereocenters. The Morgan fingerprint density at radius 3 is 2.13 bits per heavy atom. The molecule has 0 saturated heterocycles. The first kappa shape index (κ1) is 20.0. The van der Waals surface area contributed by atoms with E-state index in [1.54, 1.807) is 0 Å². The van der Waals surface area contributed by atoms with E-state index >= 15 is 0 Å². The van der Waals surface area contributed by atoms with Crippen LogP contribution in [0.4, 0.5) is 11.4 Å². The third-order valence-electron chi connectivity index (χ3n) is 5.43. The van der Waals surface area contributed by atoms with Gasteiger partial charge in [0.05, 0.1) is 6.54 Å². The van der Waals surface area contributed by atoms with Crippen LogP contribution >= 0.6 is 0 Å². The molecule has 1 aliphatic rings. The first-order chi connectivity index (χ1) is 14.7. The molecule has 154 valence electrons. The molecule has 0 bridgehead atoms. The van der Waals surface area contributed by atoms with Crippen molar-refractivity contribution in [3.63, 3.8) is 0 Å². The van der Waals surface area contributed by atoms with Gasteiger partial charge in [0.15, 0.2) is 6.10 Å². The molecule has 1 aliphatic heterocycles. The Kier molecular flexibility index (Phi) is 6.00. The van der Waals surface area contributed by atoms with E-state index in [2.05, 4.69) is 53.4 Å². The third kappa shape index (κ3) is 4.31. The van der Waals surface area contributed by atoms with Crippen molar-refractivity contribution in [2.45, 2.75) is 18.9 Å². The number of nitrogens with zero attached hydrogens (tertiary/aromatic N) is 1. The number of aliphatic carboxylic acids is 1. The topological polar surface area (TPSA) is 59.0 Å². The molecule has 0 aliphatic carbocycles. The van der Waals surface area contributed by atoms with Crippen LogP contribution in [0.2, 0.25) is 0 Å². The molecule has 5 nitrogen and oxygen atoms in total. The van der Waals surface area contributed by atoms with Crippen LogP contribution < -0.4 is 9.64 Å². The summed E-state index contributed by atoms with van der Waals surface area (Å²) < 4.78 is 11.0. The Bertz CT molecular complexity index is 970. The fourth-order valence-corrected chi connectivity index (χ4v) is 3.89. The molecule has 5 heteroatoms. The molecule has 4 rings (SSSR count). The number of hydrogen-bond donors (Lipinski definition) is 1. The first-order valence-electron chi connectivity index (χ1n) is 10.1. The van der Waals surface area contributed by atoms with E-state index in [4.69, 9.17) is 14.6 Å². The fraction of sp³-hybridized carbons (Fsp3) is 0.240. The molecule has 0 amide bonds. The number of methoxy groups -OCH3 is 1. The minimum absolute atomic E-state index is 0.327. The Balaban J connectivity index is 1.41. The molecule has 3 aromatic carbocycles. The maximum Gasteiger partial charge on any atom is 0.333 e. The Morgan fingerprint density at radius 2 is 1.57 bits per heavy atom. The van der Waals surface area contributed by atoms with Crippen LogP contribution in [-0.2, 0) is 22.4 Å². The number of anilines is 2. The predicted molar refractivity (Wildman–Crippen MR) is 117 cm³/mol. The molecule has 0 saturated carbocycles. The van der Waals surface area contributed by atoms with Gasteiger partial charge >= 0.3 is 5.97 Å². The van der Waals surface area contributed by atoms with Crippen molar-refractivity contribution in [1.82, 2.24) is 0 Å². The number of hydrogen-bond acceptors (Lipinski definition) is 4. The molecule has 0 radical (unpaired) electrons. The number of rotatable bonds is 8. The van der Waals surface area contributed by atoms with E-state index < -0.39 is 12.1 Å². The lowest BCUT2D eigenvalue weighted by atomic mass is 9.96. The van der Waals surface area contributed by atoms with E-state index in [1.807, 2.05) is 24.3 Å². The molecule has 0 aromatic heterocycles. The molecule has 30 heavy (non-hydrogen) atoms. The number of carboxylic acid groups (broad SMARTS) is 1. The molecule has 1 atom stereocenters. The second kappa shape index (κ2) is 9.01. The van der Waals surface area contributed by atoms with Crippen molar-refractivity contribution in [2.75, 3.05) is 25.2 Å². The summed E-state index contributed by atoms with van der Waals surface area (Å²) in [6.07, 6.45) is 0.438. The van der Waals surface area contributed by atoms with E-state index in [0.717, 1.165) is 24.3 Å². The Hall–Kier alpha value is -3.31. The molecule has 0 spiro atoms.